The van der Waals surface area contributed by atoms with Gasteiger partial charge in [-0.15, -0.1) is 5.10 Å². The molecular formula is C42H47FN12O8. The monoisotopic (exact) mass is 866 g/mol. The summed E-state index contributed by atoms with van der Waals surface area (Å²) in [4.78, 5) is 85.0. The Kier molecular flexibility index (Phi) is 13.7. The predicted molar refractivity (Wildman–Crippen MR) is 229 cm³/mol. The fraction of sp³-hybridized carbons (Fsp3) is 0.357. The SMILES string of the molecule is CNc1cc(N/C(C=O)=C/C=C\N(C)c2ccc(C(=O)NCCOCCOCCc3cccc4c3n(C)c(=O)n4C3CCC(=O)NC3=O)cn2)nn2c(C(=O)N[C@@H]3C[C@@H]3F)cnc12. The zero-order valence-corrected chi connectivity index (χ0v) is 34.8. The van der Waals surface area contributed by atoms with Crippen LogP contribution in [0.1, 0.15) is 51.7 Å². The molecule has 0 bridgehead atoms. The summed E-state index contributed by atoms with van der Waals surface area (Å²) in [5.41, 5.74) is 3.45. The number of pyridine rings is 1. The summed E-state index contributed by atoms with van der Waals surface area (Å²) in [5.74, 6) is -0.866. The van der Waals surface area contributed by atoms with E-state index in [1.165, 1.54) is 32.1 Å². The van der Waals surface area contributed by atoms with E-state index in [1.54, 1.807) is 62.6 Å². The Labute approximate surface area is 359 Å². The summed E-state index contributed by atoms with van der Waals surface area (Å²) >= 11 is 0. The number of halogens is 1. The number of carbonyl (C=O) groups excluding carboxylic acids is 5. The number of alkyl halides is 1. The smallest absolute Gasteiger partial charge is 0.329 e. The van der Waals surface area contributed by atoms with E-state index in [2.05, 4.69) is 41.7 Å². The number of rotatable bonds is 20. The van der Waals surface area contributed by atoms with Gasteiger partial charge in [-0.2, -0.15) is 0 Å². The molecule has 4 amide bonds. The molecule has 5 N–H and O–H groups in total. The molecule has 1 saturated carbocycles. The fourth-order valence-electron chi connectivity index (χ4n) is 7.06. The number of fused-ring (bicyclic) bond motifs is 2. The second-order valence-electron chi connectivity index (χ2n) is 14.8. The number of anilines is 3. The normalized spacial score (nSPS) is 17.5. The Morgan fingerprint density at radius 2 is 1.84 bits per heavy atom. The molecule has 5 heterocycles. The average molecular weight is 867 g/mol. The molecule has 0 radical (unpaired) electrons. The quantitative estimate of drug-likeness (QED) is 0.0247. The number of hydrogen-bond acceptors (Lipinski definition) is 14. The highest BCUT2D eigenvalue weighted by Gasteiger charge is 2.39. The van der Waals surface area contributed by atoms with Gasteiger partial charge in [-0.05, 0) is 48.8 Å². The van der Waals surface area contributed by atoms with Crippen LogP contribution in [0, 0.1) is 0 Å². The molecule has 0 spiro atoms. The average Bonchev–Trinajstić information content (AvgIpc) is 3.68. The van der Waals surface area contributed by atoms with Crippen LogP contribution in [0.4, 0.5) is 21.7 Å². The van der Waals surface area contributed by atoms with Gasteiger partial charge in [0.15, 0.2) is 23.4 Å². The Morgan fingerprint density at radius 1 is 1.05 bits per heavy atom. The molecule has 1 aromatic carbocycles. The van der Waals surface area contributed by atoms with Crippen LogP contribution in [0.5, 0.6) is 0 Å². The first kappa shape index (κ1) is 43.8. The van der Waals surface area contributed by atoms with Crippen molar-refractivity contribution in [1.82, 2.24) is 44.7 Å². The van der Waals surface area contributed by atoms with Gasteiger partial charge in [0, 0.05) is 59.0 Å². The molecule has 1 aliphatic carbocycles. The summed E-state index contributed by atoms with van der Waals surface area (Å²) in [5, 5.41) is 18.1. The number of imide groups is 1. The van der Waals surface area contributed by atoms with E-state index in [1.807, 2.05) is 12.1 Å². The van der Waals surface area contributed by atoms with Crippen LogP contribution in [0.3, 0.4) is 0 Å². The minimum absolute atomic E-state index is 0.116. The number of nitrogens with one attached hydrogen (secondary N) is 5. The van der Waals surface area contributed by atoms with Gasteiger partial charge in [0.2, 0.25) is 11.8 Å². The third-order valence-electron chi connectivity index (χ3n) is 10.5. The van der Waals surface area contributed by atoms with Crippen molar-refractivity contribution in [2.75, 3.05) is 62.6 Å². The predicted octanol–water partition coefficient (Wildman–Crippen LogP) is 1.79. The highest BCUT2D eigenvalue weighted by molar-refractivity contribution is 6.00. The standard InChI is InChI=1S/C42H47FN12O8/c1-44-30-21-34(51-55-33(23-47-38(30)55)41(60)49-29-20-28(29)43)48-27(24-56)7-5-15-52(2)35-11-9-26(22-46-35)39(58)45-14-17-63-19-18-62-16-13-25-6-4-8-31-37(25)53(3)42(61)54(31)32-10-12-36(57)50-40(32)59/h4-9,11,15,21-24,28-29,32,44H,10,12-14,16-20H2,1-3H3,(H,45,58)(H,48,51)(H,49,60)(H,50,57,59)/b15-5-,27-7+/t28-,29+,32?/m0/s1. The third-order valence-corrected chi connectivity index (χ3v) is 10.5. The van der Waals surface area contributed by atoms with E-state index in [9.17, 15) is 33.2 Å². The van der Waals surface area contributed by atoms with Crippen LogP contribution in [0.15, 0.2) is 77.6 Å². The van der Waals surface area contributed by atoms with Gasteiger partial charge in [-0.25, -0.2) is 23.7 Å². The maximum Gasteiger partial charge on any atom is 0.329 e. The van der Waals surface area contributed by atoms with Gasteiger partial charge < -0.3 is 35.6 Å². The minimum Gasteiger partial charge on any atom is -0.385 e. The Hall–Kier alpha value is -7.26. The number of hydrogen-bond donors (Lipinski definition) is 5. The van der Waals surface area contributed by atoms with Gasteiger partial charge in [0.25, 0.3) is 11.8 Å². The van der Waals surface area contributed by atoms with Crippen molar-refractivity contribution in [3.63, 3.8) is 0 Å². The number of aryl methyl sites for hydroxylation is 1. The molecule has 4 aromatic heterocycles. The van der Waals surface area contributed by atoms with Crippen molar-refractivity contribution in [1.29, 1.82) is 0 Å². The Balaban J connectivity index is 0.822. The van der Waals surface area contributed by atoms with Gasteiger partial charge in [0.05, 0.1) is 66.6 Å². The van der Waals surface area contributed by atoms with Crippen LogP contribution in [-0.4, -0.2) is 118 Å². The number of piperidine rings is 1. The molecule has 21 heteroatoms. The second kappa shape index (κ2) is 19.6. The fourth-order valence-corrected chi connectivity index (χ4v) is 7.06. The van der Waals surface area contributed by atoms with E-state index in [4.69, 9.17) is 9.47 Å². The molecule has 20 nitrogen and oxygen atoms in total. The number of imidazole rings is 2. The molecule has 3 atom stereocenters. The number of benzene rings is 1. The van der Waals surface area contributed by atoms with Crippen LogP contribution in [0.2, 0.25) is 0 Å². The highest BCUT2D eigenvalue weighted by Crippen LogP contribution is 2.27. The maximum absolute atomic E-state index is 13.4. The number of aromatic nitrogens is 6. The molecule has 2 aliphatic rings. The molecule has 330 valence electrons. The van der Waals surface area contributed by atoms with Crippen molar-refractivity contribution in [2.45, 2.75) is 43.9 Å². The van der Waals surface area contributed by atoms with Crippen molar-refractivity contribution < 1.29 is 37.8 Å². The van der Waals surface area contributed by atoms with Gasteiger partial charge in [-0.1, -0.05) is 12.1 Å². The Morgan fingerprint density at radius 3 is 2.56 bits per heavy atom. The largest absolute Gasteiger partial charge is 0.385 e. The van der Waals surface area contributed by atoms with Crippen molar-refractivity contribution >= 4 is 63.9 Å². The molecule has 1 unspecified atom stereocenters. The molecule has 63 heavy (non-hydrogen) atoms. The number of nitrogens with zero attached hydrogens (tertiary/aromatic N) is 7. The van der Waals surface area contributed by atoms with Crippen LogP contribution in [-0.2, 0) is 37.3 Å². The molecule has 7 rings (SSSR count). The number of para-hydroxylation sites is 1. The van der Waals surface area contributed by atoms with E-state index >= 15 is 0 Å². The van der Waals surface area contributed by atoms with Crippen LogP contribution >= 0.6 is 0 Å². The summed E-state index contributed by atoms with van der Waals surface area (Å²) in [6.45, 7) is 1.53. The lowest BCUT2D eigenvalue weighted by atomic mass is 10.1. The number of aldehydes is 1. The van der Waals surface area contributed by atoms with Crippen molar-refractivity contribution in [3.8, 4) is 0 Å². The number of allylic oxidation sites excluding steroid dienone is 3. The van der Waals surface area contributed by atoms with Crippen molar-refractivity contribution in [3.05, 3.63) is 100 Å². The van der Waals surface area contributed by atoms with Gasteiger partial charge in [0.1, 0.15) is 18.0 Å². The van der Waals surface area contributed by atoms with Gasteiger partial charge >= 0.3 is 5.69 Å². The second-order valence-corrected chi connectivity index (χ2v) is 14.8. The van der Waals surface area contributed by atoms with Crippen LogP contribution < -0.4 is 37.2 Å². The van der Waals surface area contributed by atoms with Gasteiger partial charge in [-0.3, -0.25) is 38.4 Å². The summed E-state index contributed by atoms with van der Waals surface area (Å²) in [7, 11) is 5.09. The molecule has 5 aromatic rings. The summed E-state index contributed by atoms with van der Waals surface area (Å²) < 4.78 is 29.1. The van der Waals surface area contributed by atoms with E-state index in [0.29, 0.717) is 66.3 Å². The maximum atomic E-state index is 13.4. The van der Waals surface area contributed by atoms with Crippen molar-refractivity contribution in [2.24, 2.45) is 7.05 Å². The lowest BCUT2D eigenvalue weighted by Crippen LogP contribution is -2.44. The Bertz CT molecular complexity index is 2650. The number of ether oxygens (including phenoxy) is 2. The highest BCUT2D eigenvalue weighted by atomic mass is 19.1. The first-order valence-corrected chi connectivity index (χ1v) is 20.2. The van der Waals surface area contributed by atoms with E-state index in [0.717, 1.165) is 5.56 Å². The third kappa shape index (κ3) is 10.1. The molecule has 2 fully saturated rings. The lowest BCUT2D eigenvalue weighted by Gasteiger charge is -2.21. The summed E-state index contributed by atoms with van der Waals surface area (Å²) in [6.07, 6.45) is 8.39. The number of carbonyl (C=O) groups is 5. The molecular weight excluding hydrogens is 820 g/mol. The molecule has 1 saturated heterocycles. The van der Waals surface area contributed by atoms with Crippen LogP contribution in [0.25, 0.3) is 16.7 Å². The minimum atomic E-state index is -1.06. The van der Waals surface area contributed by atoms with E-state index < -0.39 is 30.1 Å². The zero-order chi connectivity index (χ0) is 44.6. The van der Waals surface area contributed by atoms with E-state index in [-0.39, 0.29) is 67.1 Å². The molecule has 1 aliphatic heterocycles. The first-order chi connectivity index (χ1) is 30.5. The lowest BCUT2D eigenvalue weighted by molar-refractivity contribution is -0.135. The first-order valence-electron chi connectivity index (χ1n) is 20.2. The zero-order valence-electron chi connectivity index (χ0n) is 34.8. The topological polar surface area (TPSA) is 237 Å². The summed E-state index contributed by atoms with van der Waals surface area (Å²) in [6, 6.07) is 9.20. The number of amides is 4.